The summed E-state index contributed by atoms with van der Waals surface area (Å²) in [5.74, 6) is 2.41. The molecule has 3 aliphatic carbocycles. The van der Waals surface area contributed by atoms with Crippen LogP contribution in [0.4, 0.5) is 0 Å². The minimum Gasteiger partial charge on any atom is -0.508 e. The van der Waals surface area contributed by atoms with Crippen LogP contribution in [0.1, 0.15) is 68.9 Å². The van der Waals surface area contributed by atoms with Gasteiger partial charge in [0.05, 0.1) is 0 Å². The average Bonchev–Trinajstić information content (AvgIpc) is 3.08. The summed E-state index contributed by atoms with van der Waals surface area (Å²) in [6.45, 7) is 2.41. The van der Waals surface area contributed by atoms with Gasteiger partial charge in [-0.05, 0) is 86.0 Å². The van der Waals surface area contributed by atoms with E-state index in [4.69, 9.17) is 4.74 Å². The summed E-state index contributed by atoms with van der Waals surface area (Å²) >= 11 is 0. The summed E-state index contributed by atoms with van der Waals surface area (Å²) in [6.07, 6.45) is 8.44. The smallest absolute Gasteiger partial charge is 0.306 e. The van der Waals surface area contributed by atoms with Gasteiger partial charge in [0.2, 0.25) is 0 Å². The van der Waals surface area contributed by atoms with Crippen molar-refractivity contribution in [2.45, 2.75) is 69.8 Å². The molecule has 5 atom stereocenters. The molecule has 2 saturated carbocycles. The number of carbonyl (C=O) groups is 1. The first-order valence-corrected chi connectivity index (χ1v) is 9.56. The molecule has 0 unspecified atom stereocenters. The van der Waals surface area contributed by atoms with Gasteiger partial charge >= 0.3 is 5.97 Å². The predicted octanol–water partition coefficient (Wildman–Crippen LogP) is 4.32. The number of ether oxygens (including phenoxy) is 1. The number of benzene rings is 1. The zero-order valence-corrected chi connectivity index (χ0v) is 14.4. The molecular formula is C21H26O3. The lowest BCUT2D eigenvalue weighted by Crippen LogP contribution is -2.50. The molecule has 0 radical (unpaired) electrons. The van der Waals surface area contributed by atoms with Crippen LogP contribution in [-0.4, -0.2) is 16.7 Å². The molecule has 1 saturated heterocycles. The van der Waals surface area contributed by atoms with Crippen molar-refractivity contribution in [3.05, 3.63) is 29.3 Å². The first-order chi connectivity index (χ1) is 11.5. The fourth-order valence-electron chi connectivity index (χ4n) is 6.86. The van der Waals surface area contributed by atoms with Gasteiger partial charge in [-0.2, -0.15) is 0 Å². The number of aryl methyl sites for hydroxylation is 1. The molecule has 4 aliphatic rings. The molecule has 1 aromatic carbocycles. The number of aromatic hydroxyl groups is 1. The van der Waals surface area contributed by atoms with Gasteiger partial charge in [-0.3, -0.25) is 4.79 Å². The molecule has 24 heavy (non-hydrogen) atoms. The van der Waals surface area contributed by atoms with Crippen LogP contribution in [0.5, 0.6) is 5.75 Å². The predicted molar refractivity (Wildman–Crippen MR) is 90.8 cm³/mol. The van der Waals surface area contributed by atoms with E-state index in [2.05, 4.69) is 13.0 Å². The Morgan fingerprint density at radius 1 is 1.12 bits per heavy atom. The van der Waals surface area contributed by atoms with Gasteiger partial charge in [-0.1, -0.05) is 13.0 Å². The van der Waals surface area contributed by atoms with Crippen LogP contribution >= 0.6 is 0 Å². The summed E-state index contributed by atoms with van der Waals surface area (Å²) in [5, 5.41) is 9.79. The normalized spacial score (nSPS) is 43.2. The number of phenolic OH excluding ortho intramolecular Hbond substituents is 1. The highest BCUT2D eigenvalue weighted by Crippen LogP contribution is 2.67. The number of hydrogen-bond donors (Lipinski definition) is 1. The molecule has 0 amide bonds. The van der Waals surface area contributed by atoms with Crippen LogP contribution in [0.2, 0.25) is 0 Å². The third-order valence-electron chi connectivity index (χ3n) is 8.04. The van der Waals surface area contributed by atoms with Crippen molar-refractivity contribution in [3.8, 4) is 5.75 Å². The molecule has 1 N–H and O–H groups in total. The van der Waals surface area contributed by atoms with E-state index in [0.29, 0.717) is 29.9 Å². The van der Waals surface area contributed by atoms with Crippen molar-refractivity contribution >= 4 is 5.97 Å². The Morgan fingerprint density at radius 2 is 2.00 bits per heavy atom. The van der Waals surface area contributed by atoms with Gasteiger partial charge in [0, 0.05) is 11.8 Å². The fraction of sp³-hybridized carbons (Fsp3) is 0.667. The van der Waals surface area contributed by atoms with Gasteiger partial charge in [0.25, 0.3) is 0 Å². The first kappa shape index (κ1) is 14.8. The summed E-state index contributed by atoms with van der Waals surface area (Å²) in [6, 6.07) is 5.97. The van der Waals surface area contributed by atoms with Gasteiger partial charge in [0.15, 0.2) is 0 Å². The Hall–Kier alpha value is -1.51. The molecule has 1 aliphatic heterocycles. The molecule has 5 rings (SSSR count). The lowest BCUT2D eigenvalue weighted by molar-refractivity contribution is -0.163. The van der Waals surface area contributed by atoms with Crippen molar-refractivity contribution < 1.29 is 14.6 Å². The van der Waals surface area contributed by atoms with Crippen molar-refractivity contribution in [2.24, 2.45) is 17.3 Å². The van der Waals surface area contributed by atoms with Crippen LogP contribution < -0.4 is 0 Å². The summed E-state index contributed by atoms with van der Waals surface area (Å²) in [4.78, 5) is 11.9. The number of esters is 1. The SMILES string of the molecule is C[C@]12CC[C@@H]3c4ccc(O)cc4CC[C@H]3[C@@H]1CC[C@]21CCC(=O)O1. The van der Waals surface area contributed by atoms with E-state index in [1.165, 1.54) is 30.4 Å². The Kier molecular flexibility index (Phi) is 2.94. The Balaban J connectivity index is 1.51. The largest absolute Gasteiger partial charge is 0.508 e. The van der Waals surface area contributed by atoms with Crippen LogP contribution in [0.15, 0.2) is 18.2 Å². The quantitative estimate of drug-likeness (QED) is 0.722. The highest BCUT2D eigenvalue weighted by molar-refractivity contribution is 5.72. The van der Waals surface area contributed by atoms with E-state index in [9.17, 15) is 9.90 Å². The van der Waals surface area contributed by atoms with E-state index >= 15 is 0 Å². The van der Waals surface area contributed by atoms with E-state index in [1.54, 1.807) is 0 Å². The van der Waals surface area contributed by atoms with E-state index in [1.807, 2.05) is 12.1 Å². The van der Waals surface area contributed by atoms with Crippen LogP contribution in [0.25, 0.3) is 0 Å². The minimum atomic E-state index is -0.172. The second-order valence-electron chi connectivity index (χ2n) is 8.76. The second-order valence-corrected chi connectivity index (χ2v) is 8.76. The molecular weight excluding hydrogens is 300 g/mol. The Labute approximate surface area is 143 Å². The van der Waals surface area contributed by atoms with Gasteiger partial charge in [-0.25, -0.2) is 0 Å². The van der Waals surface area contributed by atoms with Crippen molar-refractivity contribution in [1.29, 1.82) is 0 Å². The van der Waals surface area contributed by atoms with Crippen molar-refractivity contribution in [2.75, 3.05) is 0 Å². The fourth-order valence-corrected chi connectivity index (χ4v) is 6.86. The number of rotatable bonds is 0. The molecule has 3 heteroatoms. The third-order valence-corrected chi connectivity index (χ3v) is 8.04. The van der Waals surface area contributed by atoms with Crippen molar-refractivity contribution in [3.63, 3.8) is 0 Å². The van der Waals surface area contributed by atoms with E-state index < -0.39 is 0 Å². The second kappa shape index (κ2) is 4.77. The minimum absolute atomic E-state index is 0.0171. The maximum absolute atomic E-state index is 11.9. The van der Waals surface area contributed by atoms with Gasteiger partial charge in [0.1, 0.15) is 11.4 Å². The lowest BCUT2D eigenvalue weighted by atomic mass is 9.53. The van der Waals surface area contributed by atoms with Crippen LogP contribution in [0, 0.1) is 17.3 Å². The van der Waals surface area contributed by atoms with Gasteiger partial charge < -0.3 is 9.84 Å². The van der Waals surface area contributed by atoms with Crippen LogP contribution in [0.3, 0.4) is 0 Å². The molecule has 3 nitrogen and oxygen atoms in total. The zero-order chi connectivity index (χ0) is 16.5. The Morgan fingerprint density at radius 3 is 2.79 bits per heavy atom. The topological polar surface area (TPSA) is 46.5 Å². The average molecular weight is 326 g/mol. The number of phenols is 1. The van der Waals surface area contributed by atoms with E-state index in [0.717, 1.165) is 25.7 Å². The molecule has 0 aromatic heterocycles. The lowest BCUT2D eigenvalue weighted by Gasteiger charge is -2.53. The maximum atomic E-state index is 11.9. The third kappa shape index (κ3) is 1.76. The summed E-state index contributed by atoms with van der Waals surface area (Å²) in [7, 11) is 0. The van der Waals surface area contributed by atoms with Gasteiger partial charge in [-0.15, -0.1) is 0 Å². The van der Waals surface area contributed by atoms with E-state index in [-0.39, 0.29) is 17.0 Å². The molecule has 1 aromatic rings. The molecule has 1 heterocycles. The summed E-state index contributed by atoms with van der Waals surface area (Å²) in [5.41, 5.74) is 2.80. The number of fused-ring (bicyclic) bond motifs is 6. The summed E-state index contributed by atoms with van der Waals surface area (Å²) < 4.78 is 5.98. The monoisotopic (exact) mass is 326 g/mol. The first-order valence-electron chi connectivity index (χ1n) is 9.56. The molecule has 1 spiro atoms. The highest BCUT2D eigenvalue weighted by Gasteiger charge is 2.65. The Bertz CT molecular complexity index is 711. The standard InChI is InChI=1S/C21H26O3/c1-20-9-6-16-15-5-3-14(22)12-13(15)2-4-17(16)18(20)7-10-21(20)11-8-19(23)24-21/h3,5,12,16-18,22H,2,4,6-11H2,1H3/t16-,17-,18+,20+,21+/m1/s1. The zero-order valence-electron chi connectivity index (χ0n) is 14.4. The molecule has 128 valence electrons. The number of hydrogen-bond acceptors (Lipinski definition) is 3. The van der Waals surface area contributed by atoms with Crippen LogP contribution in [-0.2, 0) is 16.0 Å². The maximum Gasteiger partial charge on any atom is 0.306 e. The highest BCUT2D eigenvalue weighted by atomic mass is 16.6. The molecule has 0 bridgehead atoms. The number of carbonyl (C=O) groups excluding carboxylic acids is 1. The molecule has 3 fully saturated rings. The van der Waals surface area contributed by atoms with Crippen molar-refractivity contribution in [1.82, 2.24) is 0 Å².